The maximum atomic E-state index is 12.5. The van der Waals surface area contributed by atoms with Crippen LogP contribution in [-0.4, -0.2) is 25.5 Å². The van der Waals surface area contributed by atoms with Crippen LogP contribution in [0.5, 0.6) is 0 Å². The number of urea groups is 1. The number of carbonyl (C=O) groups excluding carboxylic acids is 1. The summed E-state index contributed by atoms with van der Waals surface area (Å²) in [4.78, 5) is 24.1. The van der Waals surface area contributed by atoms with E-state index in [9.17, 15) is 9.35 Å². The molecule has 1 unspecified atom stereocenters. The van der Waals surface area contributed by atoms with Crippen LogP contribution in [0, 0.1) is 0 Å². The average molecular weight is 368 g/mol. The van der Waals surface area contributed by atoms with Crippen molar-refractivity contribution in [1.82, 2.24) is 15.0 Å². The molecule has 0 fully saturated rings. The molecule has 3 aromatic rings. The van der Waals surface area contributed by atoms with Gasteiger partial charge in [0.2, 0.25) is 0 Å². The minimum atomic E-state index is -1.26. The van der Waals surface area contributed by atoms with Crippen LogP contribution >= 0.6 is 0 Å². The summed E-state index contributed by atoms with van der Waals surface area (Å²) in [5, 5.41) is 2.48. The van der Waals surface area contributed by atoms with E-state index in [1.54, 1.807) is 54.9 Å². The Balaban J connectivity index is 1.82. The number of benzene rings is 1. The molecule has 2 heterocycles. The molecule has 0 radical (unpaired) electrons. The Labute approximate surface area is 152 Å². The lowest BCUT2D eigenvalue weighted by molar-refractivity contribution is 0.259. The Kier molecular flexibility index (Phi) is 5.30. The van der Waals surface area contributed by atoms with E-state index in [1.807, 2.05) is 0 Å². The monoisotopic (exact) mass is 368 g/mol. The molecular formula is C17H16N6O2S. The van der Waals surface area contributed by atoms with E-state index >= 15 is 0 Å². The number of hydrogen-bond acceptors (Lipinski definition) is 6. The third kappa shape index (κ3) is 4.47. The Morgan fingerprint density at radius 1 is 1.12 bits per heavy atom. The van der Waals surface area contributed by atoms with Gasteiger partial charge in [0.1, 0.15) is 5.82 Å². The van der Waals surface area contributed by atoms with Crippen LogP contribution in [0.15, 0.2) is 59.8 Å². The van der Waals surface area contributed by atoms with Crippen molar-refractivity contribution in [2.45, 2.75) is 10.6 Å². The highest BCUT2D eigenvalue weighted by molar-refractivity contribution is 7.90. The lowest BCUT2D eigenvalue weighted by Crippen LogP contribution is -2.19. The first kappa shape index (κ1) is 17.6. The zero-order chi connectivity index (χ0) is 18.5. The number of nitrogens with one attached hydrogen (secondary N) is 1. The first-order valence-corrected chi connectivity index (χ1v) is 8.92. The van der Waals surface area contributed by atoms with Gasteiger partial charge in [-0.05, 0) is 35.4 Å². The van der Waals surface area contributed by atoms with Crippen molar-refractivity contribution in [1.29, 1.82) is 0 Å². The maximum absolute atomic E-state index is 12.5. The van der Waals surface area contributed by atoms with Crippen molar-refractivity contribution >= 4 is 28.7 Å². The van der Waals surface area contributed by atoms with Gasteiger partial charge in [-0.25, -0.2) is 14.8 Å². The molecule has 2 amide bonds. The predicted octanol–water partition coefficient (Wildman–Crippen LogP) is 1.92. The van der Waals surface area contributed by atoms with Gasteiger partial charge in [-0.15, -0.1) is 0 Å². The van der Waals surface area contributed by atoms with Crippen LogP contribution in [0.1, 0.15) is 5.69 Å². The van der Waals surface area contributed by atoms with Crippen molar-refractivity contribution in [3.8, 4) is 11.4 Å². The molecule has 0 aliphatic carbocycles. The number of carbonyl (C=O) groups is 1. The van der Waals surface area contributed by atoms with Gasteiger partial charge in [-0.1, -0.05) is 0 Å². The van der Waals surface area contributed by atoms with Crippen molar-refractivity contribution < 1.29 is 9.35 Å². The van der Waals surface area contributed by atoms with Gasteiger partial charge in [0.05, 0.1) is 5.69 Å². The van der Waals surface area contributed by atoms with E-state index in [4.69, 9.17) is 11.5 Å². The van der Waals surface area contributed by atoms with Crippen LogP contribution in [0.25, 0.3) is 11.4 Å². The predicted molar refractivity (Wildman–Crippen MR) is 99.4 cm³/mol. The number of aromatic nitrogens is 3. The molecule has 9 heteroatoms. The summed E-state index contributed by atoms with van der Waals surface area (Å²) in [6.07, 6.45) is 3.18. The van der Waals surface area contributed by atoms with E-state index in [-0.39, 0.29) is 11.6 Å². The standard InChI is InChI=1S/C17H16N6O2S/c18-15-9-13(10-26(25)14-5-7-20-8-6-14)21-16(23-15)11-1-3-12(4-2-11)22-17(19)24/h1-9H,10H2,(H2,18,21,23)(H3,19,22,24). The number of amides is 2. The number of nitrogens with zero attached hydrogens (tertiary/aromatic N) is 3. The van der Waals surface area contributed by atoms with Gasteiger partial charge in [0, 0.05) is 41.8 Å². The molecular weight excluding hydrogens is 352 g/mol. The third-order valence-electron chi connectivity index (χ3n) is 3.40. The lowest BCUT2D eigenvalue weighted by atomic mass is 10.2. The first-order valence-electron chi connectivity index (χ1n) is 7.60. The van der Waals surface area contributed by atoms with E-state index < -0.39 is 17.2 Å². The quantitative estimate of drug-likeness (QED) is 0.587. The number of nitrogens with two attached hydrogens (primary N) is 2. The minimum Gasteiger partial charge on any atom is -0.611 e. The number of nitrogen functional groups attached to an aromatic ring is 1. The van der Waals surface area contributed by atoms with Gasteiger partial charge < -0.3 is 21.3 Å². The highest BCUT2D eigenvalue weighted by atomic mass is 32.2. The average Bonchev–Trinajstić information content (AvgIpc) is 2.62. The van der Waals surface area contributed by atoms with Crippen LogP contribution in [0.4, 0.5) is 16.3 Å². The Morgan fingerprint density at radius 3 is 2.46 bits per heavy atom. The highest BCUT2D eigenvalue weighted by Gasteiger charge is 2.15. The summed E-state index contributed by atoms with van der Waals surface area (Å²) < 4.78 is 12.5. The van der Waals surface area contributed by atoms with Crippen molar-refractivity contribution in [2.24, 2.45) is 5.73 Å². The van der Waals surface area contributed by atoms with Crippen LogP contribution in [0.3, 0.4) is 0 Å². The number of pyridine rings is 1. The zero-order valence-corrected chi connectivity index (χ0v) is 14.4. The van der Waals surface area contributed by atoms with Crippen LogP contribution in [0.2, 0.25) is 0 Å². The van der Waals surface area contributed by atoms with Crippen molar-refractivity contribution in [3.63, 3.8) is 0 Å². The number of anilines is 2. The molecule has 0 saturated heterocycles. The topological polar surface area (TPSA) is 143 Å². The largest absolute Gasteiger partial charge is 0.611 e. The molecule has 0 aliphatic heterocycles. The molecule has 2 aromatic heterocycles. The second-order valence-electron chi connectivity index (χ2n) is 5.35. The van der Waals surface area contributed by atoms with Crippen molar-refractivity contribution in [2.75, 3.05) is 11.1 Å². The fraction of sp³-hybridized carbons (Fsp3) is 0.0588. The Hall–Kier alpha value is -3.17. The molecule has 0 saturated carbocycles. The number of primary amides is 1. The smallest absolute Gasteiger partial charge is 0.316 e. The van der Waals surface area contributed by atoms with E-state index in [0.29, 0.717) is 27.7 Å². The van der Waals surface area contributed by atoms with Gasteiger partial charge in [-0.2, -0.15) is 0 Å². The molecule has 8 nitrogen and oxygen atoms in total. The molecule has 0 spiro atoms. The molecule has 1 atom stereocenters. The van der Waals surface area contributed by atoms with Crippen LogP contribution < -0.4 is 16.8 Å². The summed E-state index contributed by atoms with van der Waals surface area (Å²) in [7, 11) is 0. The Bertz CT molecular complexity index is 905. The lowest BCUT2D eigenvalue weighted by Gasteiger charge is -2.11. The van der Waals surface area contributed by atoms with Gasteiger partial charge in [-0.3, -0.25) is 4.98 Å². The summed E-state index contributed by atoms with van der Waals surface area (Å²) in [5.41, 5.74) is 12.8. The Morgan fingerprint density at radius 2 is 1.81 bits per heavy atom. The molecule has 5 N–H and O–H groups in total. The fourth-order valence-corrected chi connectivity index (χ4v) is 3.28. The van der Waals surface area contributed by atoms with E-state index in [2.05, 4.69) is 20.3 Å². The fourth-order valence-electron chi connectivity index (χ4n) is 2.27. The highest BCUT2D eigenvalue weighted by Crippen LogP contribution is 2.21. The molecule has 0 aliphatic rings. The van der Waals surface area contributed by atoms with Gasteiger partial charge >= 0.3 is 6.03 Å². The van der Waals surface area contributed by atoms with E-state index in [0.717, 1.165) is 0 Å². The third-order valence-corrected chi connectivity index (χ3v) is 4.76. The van der Waals surface area contributed by atoms with Gasteiger partial charge in [0.25, 0.3) is 0 Å². The summed E-state index contributed by atoms with van der Waals surface area (Å²) >= 11 is -1.26. The molecule has 3 rings (SSSR count). The van der Waals surface area contributed by atoms with Crippen LogP contribution in [-0.2, 0) is 16.9 Å². The normalized spacial score (nSPS) is 11.7. The second kappa shape index (κ2) is 7.81. The number of hydrogen-bond donors (Lipinski definition) is 3. The second-order valence-corrected chi connectivity index (χ2v) is 6.80. The minimum absolute atomic E-state index is 0.213. The molecule has 0 bridgehead atoms. The van der Waals surface area contributed by atoms with Crippen molar-refractivity contribution in [3.05, 3.63) is 60.6 Å². The summed E-state index contributed by atoms with van der Waals surface area (Å²) in [5.74, 6) is 0.916. The van der Waals surface area contributed by atoms with Gasteiger partial charge in [0.15, 0.2) is 16.5 Å². The summed E-state index contributed by atoms with van der Waals surface area (Å²) in [6.45, 7) is 0. The molecule has 26 heavy (non-hydrogen) atoms. The van der Waals surface area contributed by atoms with E-state index in [1.165, 1.54) is 0 Å². The number of rotatable bonds is 5. The SMILES string of the molecule is NC(=O)Nc1ccc(-c2nc(N)cc(C[S+]([O-])c3ccncc3)n2)cc1. The molecule has 132 valence electrons. The first-order chi connectivity index (χ1) is 12.5. The maximum Gasteiger partial charge on any atom is 0.316 e. The zero-order valence-electron chi connectivity index (χ0n) is 13.6. The molecule has 1 aromatic carbocycles. The summed E-state index contributed by atoms with van der Waals surface area (Å²) in [6, 6.07) is 11.2.